The number of aliphatic imine (C=N–C) groups is 1. The summed E-state index contributed by atoms with van der Waals surface area (Å²) in [4.78, 5) is 30.9. The van der Waals surface area contributed by atoms with E-state index in [4.69, 9.17) is 4.74 Å². The molecule has 0 bridgehead atoms. The summed E-state index contributed by atoms with van der Waals surface area (Å²) in [6, 6.07) is 23.1. The van der Waals surface area contributed by atoms with Crippen molar-refractivity contribution in [3.63, 3.8) is 0 Å². The van der Waals surface area contributed by atoms with Crippen molar-refractivity contribution in [3.05, 3.63) is 100.0 Å². The number of likely N-dealkylation sites (N-methyl/N-ethyl adjacent to an activating group) is 1. The number of hydrogen-bond acceptors (Lipinski definition) is 6. The molecule has 7 nitrogen and oxygen atoms in total. The summed E-state index contributed by atoms with van der Waals surface area (Å²) in [6.07, 6.45) is 1.76. The molecule has 1 fully saturated rings. The van der Waals surface area contributed by atoms with Crippen molar-refractivity contribution in [2.24, 2.45) is 4.99 Å². The van der Waals surface area contributed by atoms with Crippen molar-refractivity contribution in [1.82, 2.24) is 4.90 Å². The molecule has 3 aromatic rings. The lowest BCUT2D eigenvalue weighted by Crippen LogP contribution is -2.28. The predicted octanol–water partition coefficient (Wildman–Crippen LogP) is 5.46. The summed E-state index contributed by atoms with van der Waals surface area (Å²) in [6.45, 7) is 2.50. The predicted molar refractivity (Wildman–Crippen MR) is 135 cm³/mol. The normalized spacial score (nSPS) is 15.4. The van der Waals surface area contributed by atoms with Crippen LogP contribution in [0.5, 0.6) is 5.75 Å². The fourth-order valence-electron chi connectivity index (χ4n) is 3.47. The number of benzene rings is 3. The first-order valence-electron chi connectivity index (χ1n) is 10.8. The molecule has 1 aliphatic rings. The second-order valence-electron chi connectivity index (χ2n) is 7.51. The van der Waals surface area contributed by atoms with Crippen LogP contribution in [0.25, 0.3) is 6.08 Å². The van der Waals surface area contributed by atoms with Crippen molar-refractivity contribution >= 4 is 40.6 Å². The average molecular weight is 484 g/mol. The molecule has 0 spiro atoms. The van der Waals surface area contributed by atoms with Crippen LogP contribution in [-0.4, -0.2) is 33.6 Å². The molecule has 0 aromatic heterocycles. The Morgan fingerprint density at radius 2 is 1.91 bits per heavy atom. The van der Waals surface area contributed by atoms with Gasteiger partial charge in [0, 0.05) is 17.7 Å². The molecule has 8 heteroatoms. The van der Waals surface area contributed by atoms with Crippen LogP contribution < -0.4 is 4.74 Å². The second kappa shape index (κ2) is 10.7. The van der Waals surface area contributed by atoms with E-state index in [0.29, 0.717) is 33.6 Å². The third-order valence-corrected chi connectivity index (χ3v) is 6.26. The maximum absolute atomic E-state index is 13.1. The van der Waals surface area contributed by atoms with Gasteiger partial charge in [-0.2, -0.15) is 5.26 Å². The minimum absolute atomic E-state index is 0.129. The molecule has 0 radical (unpaired) electrons. The maximum atomic E-state index is 13.1. The zero-order valence-electron chi connectivity index (χ0n) is 18.8. The second-order valence-corrected chi connectivity index (χ2v) is 8.51. The number of carbonyl (C=O) groups is 2. The summed E-state index contributed by atoms with van der Waals surface area (Å²) >= 11 is 1.23. The van der Waals surface area contributed by atoms with Crippen molar-refractivity contribution < 1.29 is 19.4 Å². The Morgan fingerprint density at radius 3 is 2.69 bits per heavy atom. The monoisotopic (exact) mass is 483 g/mol. The zero-order valence-corrected chi connectivity index (χ0v) is 19.7. The Kier molecular flexibility index (Phi) is 7.29. The molecule has 1 N–H and O–H groups in total. The summed E-state index contributed by atoms with van der Waals surface area (Å²) < 4.78 is 6.01. The molecule has 174 valence electrons. The van der Waals surface area contributed by atoms with Gasteiger partial charge in [-0.15, -0.1) is 0 Å². The van der Waals surface area contributed by atoms with Crippen LogP contribution in [0.15, 0.2) is 82.7 Å². The number of carboxylic acids is 1. The molecule has 1 aliphatic heterocycles. The van der Waals surface area contributed by atoms with Crippen LogP contribution in [0.4, 0.5) is 5.69 Å². The summed E-state index contributed by atoms with van der Waals surface area (Å²) in [5.41, 5.74) is 2.64. The SMILES string of the molecule is CCN1C(=O)/C(=C/c2ccccc2OCc2ccccc2C#N)SC1=Nc1cccc(C(=O)O)c1. The number of carbonyl (C=O) groups excluding carboxylic acids is 1. The van der Waals surface area contributed by atoms with Gasteiger partial charge in [0.05, 0.1) is 27.8 Å². The van der Waals surface area contributed by atoms with Crippen LogP contribution in [-0.2, 0) is 11.4 Å². The number of amidine groups is 1. The van der Waals surface area contributed by atoms with Gasteiger partial charge in [-0.3, -0.25) is 9.69 Å². The Morgan fingerprint density at radius 1 is 1.14 bits per heavy atom. The van der Waals surface area contributed by atoms with E-state index >= 15 is 0 Å². The average Bonchev–Trinajstić information content (AvgIpc) is 3.17. The van der Waals surface area contributed by atoms with E-state index in [2.05, 4.69) is 11.1 Å². The van der Waals surface area contributed by atoms with E-state index in [-0.39, 0.29) is 18.1 Å². The summed E-state index contributed by atoms with van der Waals surface area (Å²) in [5, 5.41) is 19.0. The van der Waals surface area contributed by atoms with Gasteiger partial charge in [-0.25, -0.2) is 9.79 Å². The third-order valence-electron chi connectivity index (χ3n) is 5.25. The highest BCUT2D eigenvalue weighted by Crippen LogP contribution is 2.35. The van der Waals surface area contributed by atoms with Crippen LogP contribution >= 0.6 is 11.8 Å². The van der Waals surface area contributed by atoms with Crippen molar-refractivity contribution in [3.8, 4) is 11.8 Å². The number of hydrogen-bond donors (Lipinski definition) is 1. The first kappa shape index (κ1) is 23.8. The standard InChI is InChI=1S/C27H21N3O4S/c1-2-30-25(31)24(35-27(30)29-22-12-7-11-19(14-22)26(32)33)15-18-8-5-6-13-23(18)34-17-21-10-4-3-9-20(21)16-28/h3-15H,2,17H2,1H3,(H,32,33)/b24-15-,29-27?. The smallest absolute Gasteiger partial charge is 0.335 e. The number of rotatable bonds is 7. The highest BCUT2D eigenvalue weighted by atomic mass is 32.2. The summed E-state index contributed by atoms with van der Waals surface area (Å²) in [7, 11) is 0. The van der Waals surface area contributed by atoms with Crippen LogP contribution in [0, 0.1) is 11.3 Å². The van der Waals surface area contributed by atoms with Crippen molar-refractivity contribution in [1.29, 1.82) is 5.26 Å². The lowest BCUT2D eigenvalue weighted by molar-refractivity contribution is -0.122. The number of thioether (sulfide) groups is 1. The minimum Gasteiger partial charge on any atom is -0.488 e. The van der Waals surface area contributed by atoms with Crippen molar-refractivity contribution in [2.45, 2.75) is 13.5 Å². The van der Waals surface area contributed by atoms with Gasteiger partial charge in [0.25, 0.3) is 5.91 Å². The highest BCUT2D eigenvalue weighted by molar-refractivity contribution is 8.18. The molecule has 1 amide bonds. The first-order chi connectivity index (χ1) is 17.0. The van der Waals surface area contributed by atoms with E-state index in [1.54, 1.807) is 35.2 Å². The minimum atomic E-state index is -1.04. The number of ether oxygens (including phenoxy) is 1. The van der Waals surface area contributed by atoms with Gasteiger partial charge >= 0.3 is 5.97 Å². The Bertz CT molecular complexity index is 1390. The van der Waals surface area contributed by atoms with E-state index < -0.39 is 5.97 Å². The van der Waals surface area contributed by atoms with Gasteiger partial charge in [0.1, 0.15) is 12.4 Å². The number of aromatic carboxylic acids is 1. The van der Waals surface area contributed by atoms with E-state index in [1.807, 2.05) is 43.3 Å². The van der Waals surface area contributed by atoms with Gasteiger partial charge in [-0.05, 0) is 55.1 Å². The molecule has 3 aromatic carbocycles. The van der Waals surface area contributed by atoms with Crippen molar-refractivity contribution in [2.75, 3.05) is 6.54 Å². The van der Waals surface area contributed by atoms with Crippen LogP contribution in [0.1, 0.15) is 34.0 Å². The molecule has 0 atom stereocenters. The number of amides is 1. The zero-order chi connectivity index (χ0) is 24.8. The number of nitrogens with zero attached hydrogens (tertiary/aromatic N) is 3. The molecule has 1 heterocycles. The fraction of sp³-hybridized carbons (Fsp3) is 0.111. The first-order valence-corrected chi connectivity index (χ1v) is 11.6. The highest BCUT2D eigenvalue weighted by Gasteiger charge is 2.32. The van der Waals surface area contributed by atoms with E-state index in [9.17, 15) is 20.0 Å². The van der Waals surface area contributed by atoms with Gasteiger partial charge in [0.15, 0.2) is 5.17 Å². The van der Waals surface area contributed by atoms with E-state index in [0.717, 1.165) is 11.1 Å². The quantitative estimate of drug-likeness (QED) is 0.448. The summed E-state index contributed by atoms with van der Waals surface area (Å²) in [5.74, 6) is -0.636. The van der Waals surface area contributed by atoms with Gasteiger partial charge < -0.3 is 9.84 Å². The number of para-hydroxylation sites is 1. The number of nitriles is 1. The Balaban J connectivity index is 1.60. The maximum Gasteiger partial charge on any atom is 0.335 e. The molecule has 0 unspecified atom stereocenters. The van der Waals surface area contributed by atoms with E-state index in [1.165, 1.54) is 23.9 Å². The Labute approximate surface area is 207 Å². The molecule has 0 saturated carbocycles. The molecule has 4 rings (SSSR count). The fourth-order valence-corrected chi connectivity index (χ4v) is 4.53. The number of carboxylic acid groups (broad SMARTS) is 1. The lowest BCUT2D eigenvalue weighted by atomic mass is 10.1. The topological polar surface area (TPSA) is 103 Å². The van der Waals surface area contributed by atoms with Crippen LogP contribution in [0.3, 0.4) is 0 Å². The Hall–Kier alpha value is -4.35. The van der Waals surface area contributed by atoms with Gasteiger partial charge in [-0.1, -0.05) is 42.5 Å². The molecular formula is C27H21N3O4S. The van der Waals surface area contributed by atoms with Crippen LogP contribution in [0.2, 0.25) is 0 Å². The third kappa shape index (κ3) is 5.42. The molecular weight excluding hydrogens is 462 g/mol. The molecule has 35 heavy (non-hydrogen) atoms. The molecule has 0 aliphatic carbocycles. The largest absolute Gasteiger partial charge is 0.488 e. The lowest BCUT2D eigenvalue weighted by Gasteiger charge is -2.12. The van der Waals surface area contributed by atoms with Gasteiger partial charge in [0.2, 0.25) is 0 Å². The molecule has 1 saturated heterocycles.